The van der Waals surface area contributed by atoms with E-state index in [9.17, 15) is 0 Å². The third kappa shape index (κ3) is 8.49. The number of furan rings is 1. The third-order valence-corrected chi connectivity index (χ3v) is 12.0. The quantitative estimate of drug-likeness (QED) is 0.0980. The Labute approximate surface area is 373 Å². The van der Waals surface area contributed by atoms with Crippen molar-refractivity contribution in [3.63, 3.8) is 0 Å². The number of hydrogen-bond donors (Lipinski definition) is 0. The molecule has 0 aliphatic carbocycles. The van der Waals surface area contributed by atoms with Gasteiger partial charge < -0.3 is 14.4 Å². The fraction of sp³-hybridized carbons (Fsp3) is 0.208. The zero-order valence-corrected chi connectivity index (χ0v) is 36.7. The number of fused-ring (bicyclic) bond motifs is 6. The van der Waals surface area contributed by atoms with Gasteiger partial charge >= 0.3 is 0 Å². The summed E-state index contributed by atoms with van der Waals surface area (Å²) in [5.74, 6) is 0. The van der Waals surface area contributed by atoms with Crippen LogP contribution in [0, 0.1) is 38.1 Å². The summed E-state index contributed by atoms with van der Waals surface area (Å²) >= 11 is 0. The van der Waals surface area contributed by atoms with Crippen LogP contribution in [0.5, 0.6) is 0 Å². The number of benzene rings is 6. The molecule has 3 heterocycles. The molecule has 0 saturated heterocycles. The Kier molecular flexibility index (Phi) is 8.13. The molecule has 0 unspecified atom stereocenters. The van der Waals surface area contributed by atoms with Crippen LogP contribution >= 0.6 is 0 Å². The van der Waals surface area contributed by atoms with Crippen LogP contribution in [0.1, 0.15) is 58.1 Å². The summed E-state index contributed by atoms with van der Waals surface area (Å²) in [6, 6.07) is 41.9. The van der Waals surface area contributed by atoms with Gasteiger partial charge in [0.15, 0.2) is 0 Å². The monoisotopic (exact) mass is 962 g/mol. The van der Waals surface area contributed by atoms with Gasteiger partial charge in [-0.1, -0.05) is 136 Å². The Morgan fingerprint density at radius 3 is 2.22 bits per heavy atom. The summed E-state index contributed by atoms with van der Waals surface area (Å²) < 4.78 is 95.0. The van der Waals surface area contributed by atoms with Crippen molar-refractivity contribution in [2.24, 2.45) is 5.41 Å². The Morgan fingerprint density at radius 2 is 1.50 bits per heavy atom. The molecule has 0 saturated carbocycles. The van der Waals surface area contributed by atoms with Crippen LogP contribution in [-0.4, -0.2) is 18.0 Å². The molecule has 0 amide bonds. The molecule has 9 aromatic rings. The molecule has 5 heteroatoms. The Morgan fingerprint density at radius 1 is 0.690 bits per heavy atom. The first-order valence-corrected chi connectivity index (χ1v) is 22.5. The van der Waals surface area contributed by atoms with Crippen LogP contribution in [0.25, 0.3) is 77.1 Å². The zero-order valence-electron chi connectivity index (χ0n) is 44.3. The number of nitrogens with zero attached hydrogens (tertiary/aromatic N) is 2. The molecule has 3 aromatic heterocycles. The van der Waals surface area contributed by atoms with Crippen molar-refractivity contribution in [3.05, 3.63) is 162 Å². The first-order valence-electron chi connectivity index (χ1n) is 24.5. The van der Waals surface area contributed by atoms with Gasteiger partial charge in [-0.05, 0) is 98.4 Å². The molecule has 0 aliphatic rings. The second kappa shape index (κ2) is 16.2. The van der Waals surface area contributed by atoms with Gasteiger partial charge in [0.05, 0.1) is 13.7 Å². The Bertz CT molecular complexity index is 3350. The molecule has 0 N–H and O–H groups in total. The summed E-state index contributed by atoms with van der Waals surface area (Å²) in [4.78, 5) is 8.89. The van der Waals surface area contributed by atoms with E-state index in [0.717, 1.165) is 43.1 Å². The average molecular weight is 962 g/mol. The molecule has 6 aromatic carbocycles. The van der Waals surface area contributed by atoms with Gasteiger partial charge in [0, 0.05) is 53.0 Å². The number of rotatable bonds is 5. The zero-order chi connectivity index (χ0) is 49.4. The standard InChI is InChI=1S/C36H30NOSi.C17H20N.Ir/c1-22-17-26(39(3,4)5)15-16-27(22)31-19-34(37-21-23(31)2)30-12-8-11-29-33-18-25-14-13-24-9-6-7-10-28(24)32(25)20-35(33)38-36(29)30;1-13-5-8-15(9-6-13)16-10-7-14(12-18-16)11-17(2,3)4;/h6-11,13-21H,1-5H3;5-8,10,12H,11H2,1-4H3;/q2*-1;/i1D3,2D3;1D3,11D2;. The molecule has 0 atom stereocenters. The van der Waals surface area contributed by atoms with Crippen molar-refractivity contribution in [2.45, 2.75) is 67.3 Å². The minimum atomic E-state index is -2.51. The maximum absolute atomic E-state index is 8.36. The van der Waals surface area contributed by atoms with Crippen LogP contribution in [0.2, 0.25) is 19.6 Å². The fourth-order valence-electron chi connectivity index (χ4n) is 7.14. The largest absolute Gasteiger partial charge is 0.501 e. The summed E-state index contributed by atoms with van der Waals surface area (Å²) in [7, 11) is -1.85. The van der Waals surface area contributed by atoms with E-state index in [0.29, 0.717) is 44.8 Å². The van der Waals surface area contributed by atoms with Gasteiger partial charge in [0.2, 0.25) is 0 Å². The second-order valence-corrected chi connectivity index (χ2v) is 21.6. The second-order valence-electron chi connectivity index (χ2n) is 16.5. The van der Waals surface area contributed by atoms with E-state index in [-0.39, 0.29) is 36.8 Å². The van der Waals surface area contributed by atoms with Crippen molar-refractivity contribution >= 4 is 56.7 Å². The van der Waals surface area contributed by atoms with Gasteiger partial charge in [-0.25, -0.2) is 0 Å². The van der Waals surface area contributed by atoms with Gasteiger partial charge in [-0.3, -0.25) is 0 Å². The topological polar surface area (TPSA) is 38.9 Å². The fourth-order valence-corrected chi connectivity index (χ4v) is 8.30. The van der Waals surface area contributed by atoms with Crippen LogP contribution in [-0.2, 0) is 26.5 Å². The first-order chi connectivity index (χ1) is 31.6. The van der Waals surface area contributed by atoms with E-state index < -0.39 is 40.4 Å². The van der Waals surface area contributed by atoms with Crippen molar-refractivity contribution in [1.29, 1.82) is 0 Å². The maximum Gasteiger partial charge on any atom is 0.121 e. The van der Waals surface area contributed by atoms with Gasteiger partial charge in [0.1, 0.15) is 5.58 Å². The molecule has 0 fully saturated rings. The number of aromatic nitrogens is 2. The van der Waals surface area contributed by atoms with E-state index in [1.54, 1.807) is 42.5 Å². The Balaban J connectivity index is 0.000000248. The molecular formula is C53H50IrN2OSi-2. The molecule has 293 valence electrons. The van der Waals surface area contributed by atoms with Crippen molar-refractivity contribution < 1.29 is 39.6 Å². The minimum Gasteiger partial charge on any atom is -0.501 e. The van der Waals surface area contributed by atoms with Crippen molar-refractivity contribution in [2.75, 3.05) is 0 Å². The summed E-state index contributed by atoms with van der Waals surface area (Å²) in [6.07, 6.45) is 1.38. The average Bonchev–Trinajstić information content (AvgIpc) is 3.64. The van der Waals surface area contributed by atoms with Crippen molar-refractivity contribution in [1.82, 2.24) is 9.97 Å². The van der Waals surface area contributed by atoms with Crippen LogP contribution in [0.4, 0.5) is 0 Å². The molecule has 9 rings (SSSR count). The molecule has 0 bridgehead atoms. The summed E-state index contributed by atoms with van der Waals surface area (Å²) in [5.41, 5.74) is 4.66. The number of pyridine rings is 2. The van der Waals surface area contributed by atoms with Gasteiger partial charge in [0.25, 0.3) is 0 Å². The van der Waals surface area contributed by atoms with E-state index in [1.165, 1.54) is 18.5 Å². The molecule has 0 spiro atoms. The molecular weight excluding hydrogens is 901 g/mol. The Hall–Kier alpha value is -5.19. The number of hydrogen-bond acceptors (Lipinski definition) is 3. The van der Waals surface area contributed by atoms with E-state index in [4.69, 9.17) is 19.5 Å². The maximum atomic E-state index is 8.36. The summed E-state index contributed by atoms with van der Waals surface area (Å²) in [5, 5.41) is 7.30. The number of aryl methyl sites for hydroxylation is 3. The third-order valence-electron chi connectivity index (χ3n) is 10.0. The molecule has 1 radical (unpaired) electrons. The molecule has 3 nitrogen and oxygen atoms in total. The van der Waals surface area contributed by atoms with E-state index >= 15 is 0 Å². The van der Waals surface area contributed by atoms with Gasteiger partial charge in [-0.15, -0.1) is 53.6 Å². The predicted molar refractivity (Wildman–Crippen MR) is 245 cm³/mol. The van der Waals surface area contributed by atoms with E-state index in [1.807, 2.05) is 51.1 Å². The molecule has 58 heavy (non-hydrogen) atoms. The van der Waals surface area contributed by atoms with Crippen LogP contribution in [0.3, 0.4) is 0 Å². The SMILES string of the molecule is [2H]C([2H])([2H])c1c[c-]c(-c2ccc(C([2H])([2H])C(C)(C)C)cn2)cc1.[2H]C([2H])([2H])c1cnc(-c2[c-]ccc3c2oc2cc4c(ccc5ccccc54)cc23)cc1-c1ccc([Si](C)(C)C)cc1C([2H])([2H])[2H].[Ir]. The predicted octanol–water partition coefficient (Wildman–Crippen LogP) is 14.0. The summed E-state index contributed by atoms with van der Waals surface area (Å²) in [6.45, 7) is 4.90. The van der Waals surface area contributed by atoms with Crippen LogP contribution < -0.4 is 5.19 Å². The molecule has 0 aliphatic heterocycles. The first kappa shape index (κ1) is 29.1. The minimum absolute atomic E-state index is 0. The normalized spacial score (nSPS) is 15.5. The van der Waals surface area contributed by atoms with Gasteiger partial charge in [-0.2, -0.15) is 0 Å². The van der Waals surface area contributed by atoms with Crippen LogP contribution in [0.15, 0.2) is 132 Å². The van der Waals surface area contributed by atoms with E-state index in [2.05, 4.69) is 78.1 Å². The van der Waals surface area contributed by atoms with Crippen molar-refractivity contribution in [3.8, 4) is 33.6 Å². The smallest absolute Gasteiger partial charge is 0.121 e.